The summed E-state index contributed by atoms with van der Waals surface area (Å²) in [7, 11) is 0. The Labute approximate surface area is 169 Å². The third-order valence-corrected chi connectivity index (χ3v) is 6.13. The van der Waals surface area contributed by atoms with E-state index in [1.54, 1.807) is 6.92 Å². The molecule has 1 atom stereocenters. The molecule has 2 amide bonds. The molecule has 0 bridgehead atoms. The number of hydrogen-bond donors (Lipinski definition) is 1. The highest BCUT2D eigenvalue weighted by atomic mass is 35.5. The second-order valence-corrected chi connectivity index (χ2v) is 7.90. The predicted octanol–water partition coefficient (Wildman–Crippen LogP) is 2.46. The van der Waals surface area contributed by atoms with Gasteiger partial charge in [0.25, 0.3) is 0 Å². The van der Waals surface area contributed by atoms with Gasteiger partial charge in [0.1, 0.15) is 17.7 Å². The first-order valence-corrected chi connectivity index (χ1v) is 10.1. The van der Waals surface area contributed by atoms with Crippen molar-refractivity contribution < 1.29 is 9.59 Å². The molecule has 1 unspecified atom stereocenters. The zero-order valence-corrected chi connectivity index (χ0v) is 16.7. The molecule has 2 aliphatic heterocycles. The lowest BCUT2D eigenvalue weighted by Gasteiger charge is -2.31. The molecule has 28 heavy (non-hydrogen) atoms. The molecule has 4 rings (SSSR count). The largest absolute Gasteiger partial charge is 0.350 e. The third kappa shape index (κ3) is 3.63. The second-order valence-electron chi connectivity index (χ2n) is 7.49. The van der Waals surface area contributed by atoms with Gasteiger partial charge in [0.05, 0.1) is 0 Å². The number of carbonyl (C=O) groups excluding carboxylic acids is 2. The maximum atomic E-state index is 12.9. The Morgan fingerprint density at radius 1 is 1.18 bits per heavy atom. The Hall–Kier alpha value is -2.41. The minimum Gasteiger partial charge on any atom is -0.350 e. The molecule has 0 saturated carbocycles. The van der Waals surface area contributed by atoms with E-state index in [2.05, 4.69) is 15.5 Å². The van der Waals surface area contributed by atoms with Crippen LogP contribution in [0.1, 0.15) is 55.4 Å². The Morgan fingerprint density at radius 3 is 2.64 bits per heavy atom. The topological polar surface area (TPSA) is 80.1 Å². The van der Waals surface area contributed by atoms with Crippen LogP contribution in [0, 0.1) is 0 Å². The number of piperidine rings is 1. The Balaban J connectivity index is 1.45. The summed E-state index contributed by atoms with van der Waals surface area (Å²) >= 11 is 6.19. The summed E-state index contributed by atoms with van der Waals surface area (Å²) in [6.45, 7) is 3.46. The van der Waals surface area contributed by atoms with E-state index in [-0.39, 0.29) is 23.8 Å². The lowest BCUT2D eigenvalue weighted by molar-refractivity contribution is -0.129. The molecular weight excluding hydrogens is 378 g/mol. The van der Waals surface area contributed by atoms with Gasteiger partial charge in [-0.15, -0.1) is 10.2 Å². The van der Waals surface area contributed by atoms with Crippen LogP contribution in [0.4, 0.5) is 0 Å². The van der Waals surface area contributed by atoms with Crippen LogP contribution in [0.15, 0.2) is 24.3 Å². The molecule has 7 nitrogen and oxygen atoms in total. The maximum absolute atomic E-state index is 12.9. The number of hydrogen-bond acceptors (Lipinski definition) is 4. The van der Waals surface area contributed by atoms with E-state index in [9.17, 15) is 9.59 Å². The summed E-state index contributed by atoms with van der Waals surface area (Å²) in [4.78, 5) is 26.3. The Bertz CT molecular complexity index is 888. The molecule has 148 valence electrons. The number of benzene rings is 1. The molecule has 0 spiro atoms. The molecule has 8 heteroatoms. The van der Waals surface area contributed by atoms with Crippen LogP contribution in [0.3, 0.4) is 0 Å². The van der Waals surface area contributed by atoms with Gasteiger partial charge in [0.2, 0.25) is 11.8 Å². The van der Waals surface area contributed by atoms with Gasteiger partial charge < -0.3 is 14.8 Å². The number of aromatic nitrogens is 3. The molecule has 2 aromatic rings. The van der Waals surface area contributed by atoms with Crippen molar-refractivity contribution in [2.45, 2.75) is 51.1 Å². The standard InChI is InChI=1S/C20H24ClN5O2/c1-13(27)25-10-8-14(9-11-25)19-24-23-18-7-6-17(26(18)19)20(28)22-12-15-4-2-3-5-16(15)21/h2-5,14,17H,6-12H2,1H3,(H,22,28). The molecule has 0 radical (unpaired) electrons. The van der Waals surface area contributed by atoms with E-state index in [0.717, 1.165) is 56.0 Å². The summed E-state index contributed by atoms with van der Waals surface area (Å²) in [6.07, 6.45) is 3.19. The smallest absolute Gasteiger partial charge is 0.243 e. The van der Waals surface area contributed by atoms with Crippen molar-refractivity contribution in [2.24, 2.45) is 0 Å². The number of fused-ring (bicyclic) bond motifs is 1. The SMILES string of the molecule is CC(=O)N1CCC(c2nnc3n2C(C(=O)NCc2ccccc2Cl)CC3)CC1. The van der Waals surface area contributed by atoms with Crippen molar-refractivity contribution in [1.82, 2.24) is 25.0 Å². The van der Waals surface area contributed by atoms with E-state index in [1.165, 1.54) is 0 Å². The molecule has 1 N–H and O–H groups in total. The van der Waals surface area contributed by atoms with Gasteiger partial charge in [-0.25, -0.2) is 0 Å². The number of halogens is 1. The van der Waals surface area contributed by atoms with Crippen LogP contribution in [0.25, 0.3) is 0 Å². The first-order chi connectivity index (χ1) is 13.5. The number of nitrogens with one attached hydrogen (secondary N) is 1. The molecule has 0 aliphatic carbocycles. The highest BCUT2D eigenvalue weighted by Gasteiger charge is 2.35. The van der Waals surface area contributed by atoms with Crippen LogP contribution in [-0.4, -0.2) is 44.6 Å². The fourth-order valence-electron chi connectivity index (χ4n) is 4.16. The Morgan fingerprint density at radius 2 is 1.93 bits per heavy atom. The number of amides is 2. The van der Waals surface area contributed by atoms with E-state index >= 15 is 0 Å². The van der Waals surface area contributed by atoms with Gasteiger partial charge in [0.15, 0.2) is 0 Å². The predicted molar refractivity (Wildman–Crippen MR) is 105 cm³/mol. The molecular formula is C20H24ClN5O2. The van der Waals surface area contributed by atoms with Gasteiger partial charge in [-0.2, -0.15) is 0 Å². The van der Waals surface area contributed by atoms with Crippen molar-refractivity contribution in [3.8, 4) is 0 Å². The van der Waals surface area contributed by atoms with Gasteiger partial charge in [-0.1, -0.05) is 29.8 Å². The first kappa shape index (κ1) is 18.9. The molecule has 2 aliphatic rings. The minimum absolute atomic E-state index is 0.0270. The minimum atomic E-state index is -0.284. The Kier molecular flexibility index (Phi) is 5.35. The zero-order valence-electron chi connectivity index (χ0n) is 15.9. The highest BCUT2D eigenvalue weighted by Crippen LogP contribution is 2.34. The molecule has 1 saturated heterocycles. The fraction of sp³-hybridized carbons (Fsp3) is 0.500. The number of carbonyl (C=O) groups is 2. The molecule has 1 fully saturated rings. The summed E-state index contributed by atoms with van der Waals surface area (Å²) in [6, 6.07) is 7.23. The normalized spacial score (nSPS) is 19.5. The van der Waals surface area contributed by atoms with Crippen molar-refractivity contribution in [2.75, 3.05) is 13.1 Å². The van der Waals surface area contributed by atoms with Crippen molar-refractivity contribution in [1.29, 1.82) is 0 Å². The number of nitrogens with zero attached hydrogens (tertiary/aromatic N) is 4. The maximum Gasteiger partial charge on any atom is 0.243 e. The highest BCUT2D eigenvalue weighted by molar-refractivity contribution is 6.31. The van der Waals surface area contributed by atoms with Crippen molar-refractivity contribution in [3.63, 3.8) is 0 Å². The van der Waals surface area contributed by atoms with Crippen LogP contribution in [0.2, 0.25) is 5.02 Å². The monoisotopic (exact) mass is 401 g/mol. The van der Waals surface area contributed by atoms with Crippen LogP contribution >= 0.6 is 11.6 Å². The summed E-state index contributed by atoms with van der Waals surface area (Å²) < 4.78 is 2.02. The van der Waals surface area contributed by atoms with E-state index < -0.39 is 0 Å². The zero-order chi connectivity index (χ0) is 19.7. The fourth-order valence-corrected chi connectivity index (χ4v) is 4.37. The van der Waals surface area contributed by atoms with E-state index in [4.69, 9.17) is 11.6 Å². The first-order valence-electron chi connectivity index (χ1n) is 9.75. The second kappa shape index (κ2) is 7.91. The van der Waals surface area contributed by atoms with Gasteiger partial charge in [-0.3, -0.25) is 9.59 Å². The average molecular weight is 402 g/mol. The van der Waals surface area contributed by atoms with E-state index in [0.29, 0.717) is 11.6 Å². The third-order valence-electron chi connectivity index (χ3n) is 5.76. The van der Waals surface area contributed by atoms with Crippen LogP contribution in [0.5, 0.6) is 0 Å². The van der Waals surface area contributed by atoms with Gasteiger partial charge in [0, 0.05) is 43.9 Å². The van der Waals surface area contributed by atoms with Gasteiger partial charge >= 0.3 is 0 Å². The van der Waals surface area contributed by atoms with Crippen LogP contribution < -0.4 is 5.32 Å². The summed E-state index contributed by atoms with van der Waals surface area (Å²) in [5.41, 5.74) is 0.899. The lowest BCUT2D eigenvalue weighted by atomic mass is 9.95. The number of likely N-dealkylation sites (tertiary alicyclic amines) is 1. The number of rotatable bonds is 4. The molecule has 1 aromatic heterocycles. The molecule has 1 aromatic carbocycles. The van der Waals surface area contributed by atoms with Crippen molar-refractivity contribution in [3.05, 3.63) is 46.5 Å². The summed E-state index contributed by atoms with van der Waals surface area (Å²) in [5.74, 6) is 2.08. The molecule has 3 heterocycles. The average Bonchev–Trinajstić information content (AvgIpc) is 3.29. The summed E-state index contributed by atoms with van der Waals surface area (Å²) in [5, 5.41) is 12.4. The number of aryl methyl sites for hydroxylation is 1. The quantitative estimate of drug-likeness (QED) is 0.853. The van der Waals surface area contributed by atoms with Crippen molar-refractivity contribution >= 4 is 23.4 Å². The van der Waals surface area contributed by atoms with Gasteiger partial charge in [-0.05, 0) is 30.9 Å². The van der Waals surface area contributed by atoms with Crippen LogP contribution in [-0.2, 0) is 22.6 Å². The van der Waals surface area contributed by atoms with E-state index in [1.807, 2.05) is 33.7 Å². The lowest BCUT2D eigenvalue weighted by Crippen LogP contribution is -2.37.